The molecule has 0 saturated carbocycles. The van der Waals surface area contributed by atoms with Gasteiger partial charge in [0.1, 0.15) is 12.2 Å². The van der Waals surface area contributed by atoms with Crippen molar-refractivity contribution in [3.63, 3.8) is 0 Å². The summed E-state index contributed by atoms with van der Waals surface area (Å²) < 4.78 is 11.6. The molecule has 2 rings (SSSR count). The molecular weight excluding hydrogens is 422 g/mol. The van der Waals surface area contributed by atoms with Gasteiger partial charge in [0, 0.05) is 16.5 Å². The van der Waals surface area contributed by atoms with Crippen LogP contribution >= 0.6 is 15.9 Å². The van der Waals surface area contributed by atoms with Crippen molar-refractivity contribution in [2.24, 2.45) is 0 Å². The molecule has 0 bridgehead atoms. The molecule has 6 heteroatoms. The molecule has 28 heavy (non-hydrogen) atoms. The average Bonchev–Trinajstić information content (AvgIpc) is 2.60. The minimum absolute atomic E-state index is 0.155. The summed E-state index contributed by atoms with van der Waals surface area (Å²) in [6, 6.07) is 13.4. The number of hydrogen-bond donors (Lipinski definition) is 1. The number of esters is 1. The molecular formula is C22H26BrNO4. The Kier molecular flexibility index (Phi) is 7.63. The minimum Gasteiger partial charge on any atom is -0.461 e. The molecule has 0 radical (unpaired) electrons. The van der Waals surface area contributed by atoms with E-state index >= 15 is 0 Å². The van der Waals surface area contributed by atoms with E-state index in [2.05, 4.69) is 21.2 Å². The number of halogens is 1. The van der Waals surface area contributed by atoms with Gasteiger partial charge in [-0.25, -0.2) is 4.79 Å². The van der Waals surface area contributed by atoms with Crippen LogP contribution in [0.5, 0.6) is 0 Å². The Morgan fingerprint density at radius 3 is 2.36 bits per heavy atom. The maximum Gasteiger partial charge on any atom is 0.412 e. The van der Waals surface area contributed by atoms with E-state index in [1.807, 2.05) is 64.1 Å². The van der Waals surface area contributed by atoms with Crippen LogP contribution in [0.1, 0.15) is 46.1 Å². The fraction of sp³-hybridized carbons (Fsp3) is 0.364. The number of hydrogen-bond acceptors (Lipinski definition) is 4. The van der Waals surface area contributed by atoms with Crippen LogP contribution in [0.15, 0.2) is 46.9 Å². The molecule has 0 saturated heterocycles. The number of amides is 1. The van der Waals surface area contributed by atoms with E-state index < -0.39 is 11.7 Å². The summed E-state index contributed by atoms with van der Waals surface area (Å²) in [6.45, 7) is 7.52. The van der Waals surface area contributed by atoms with E-state index in [1.54, 1.807) is 6.07 Å². The molecule has 150 valence electrons. The summed E-state index contributed by atoms with van der Waals surface area (Å²) in [4.78, 5) is 23.9. The largest absolute Gasteiger partial charge is 0.461 e. The first-order valence-corrected chi connectivity index (χ1v) is 10.0. The normalized spacial score (nSPS) is 11.0. The van der Waals surface area contributed by atoms with Crippen LogP contribution < -0.4 is 5.32 Å². The Labute approximate surface area is 174 Å². The Hall–Kier alpha value is -2.34. The second-order valence-electron chi connectivity index (χ2n) is 7.42. The molecule has 2 aromatic carbocycles. The lowest BCUT2D eigenvalue weighted by Gasteiger charge is -2.21. The molecule has 0 aliphatic rings. The van der Waals surface area contributed by atoms with E-state index in [1.165, 1.54) is 0 Å². The molecule has 0 spiro atoms. The highest BCUT2D eigenvalue weighted by Gasteiger charge is 2.18. The van der Waals surface area contributed by atoms with Gasteiger partial charge in [-0.1, -0.05) is 47.1 Å². The number of rotatable bonds is 6. The molecule has 0 aromatic heterocycles. The van der Waals surface area contributed by atoms with Crippen LogP contribution in [0.4, 0.5) is 10.5 Å². The van der Waals surface area contributed by atoms with Gasteiger partial charge in [-0.3, -0.25) is 10.1 Å². The fourth-order valence-corrected chi connectivity index (χ4v) is 2.78. The van der Waals surface area contributed by atoms with E-state index in [0.717, 1.165) is 27.6 Å². The third-order valence-electron chi connectivity index (χ3n) is 3.73. The van der Waals surface area contributed by atoms with Crippen LogP contribution in [0, 0.1) is 0 Å². The summed E-state index contributed by atoms with van der Waals surface area (Å²) in [5.41, 5.74) is 2.58. The monoisotopic (exact) mass is 447 g/mol. The topological polar surface area (TPSA) is 64.6 Å². The molecule has 2 aromatic rings. The average molecular weight is 448 g/mol. The maximum absolute atomic E-state index is 12.3. The molecule has 0 unspecified atom stereocenters. The van der Waals surface area contributed by atoms with Gasteiger partial charge in [0.25, 0.3) is 0 Å². The third-order valence-corrected chi connectivity index (χ3v) is 4.26. The van der Waals surface area contributed by atoms with E-state index in [4.69, 9.17) is 9.47 Å². The molecule has 0 fully saturated rings. The highest BCUT2D eigenvalue weighted by Crippen LogP contribution is 2.31. The minimum atomic E-state index is -0.602. The van der Waals surface area contributed by atoms with Gasteiger partial charge >= 0.3 is 12.1 Å². The Morgan fingerprint density at radius 2 is 1.75 bits per heavy atom. The fourth-order valence-electron chi connectivity index (χ4n) is 2.52. The summed E-state index contributed by atoms with van der Waals surface area (Å²) in [6.07, 6.45) is 0.596. The number of carbonyl (C=O) groups excluding carboxylic acids is 2. The van der Waals surface area contributed by atoms with Gasteiger partial charge in [0.05, 0.1) is 5.69 Å². The predicted molar refractivity (Wildman–Crippen MR) is 114 cm³/mol. The second kappa shape index (κ2) is 9.73. The van der Waals surface area contributed by atoms with E-state index in [-0.39, 0.29) is 12.6 Å². The van der Waals surface area contributed by atoms with Gasteiger partial charge in [-0.15, -0.1) is 0 Å². The van der Waals surface area contributed by atoms with Crippen molar-refractivity contribution in [1.82, 2.24) is 0 Å². The first-order chi connectivity index (χ1) is 13.2. The van der Waals surface area contributed by atoms with E-state index in [0.29, 0.717) is 12.1 Å². The molecule has 0 atom stereocenters. The van der Waals surface area contributed by atoms with Gasteiger partial charge in [-0.05, 0) is 56.5 Å². The smallest absolute Gasteiger partial charge is 0.412 e. The standard InChI is InChI=1S/C22H26BrNO4/c1-5-6-20(25)27-14-15-7-12-18(16-8-10-17(23)11-9-16)19(13-15)24-21(26)28-22(2,3)4/h7-13H,5-6,14H2,1-4H3,(H,24,26). The van der Waals surface area contributed by atoms with Crippen molar-refractivity contribution in [2.45, 2.75) is 52.7 Å². The lowest BCUT2D eigenvalue weighted by molar-refractivity contribution is -0.144. The van der Waals surface area contributed by atoms with Crippen LogP contribution in [0.2, 0.25) is 0 Å². The van der Waals surface area contributed by atoms with Crippen molar-refractivity contribution in [3.8, 4) is 11.1 Å². The lowest BCUT2D eigenvalue weighted by Crippen LogP contribution is -2.27. The van der Waals surface area contributed by atoms with Crippen LogP contribution in [0.25, 0.3) is 11.1 Å². The summed E-state index contributed by atoms with van der Waals surface area (Å²) in [7, 11) is 0. The van der Waals surface area contributed by atoms with Crippen molar-refractivity contribution in [1.29, 1.82) is 0 Å². The quantitative estimate of drug-likeness (QED) is 0.527. The van der Waals surface area contributed by atoms with Gasteiger partial charge in [-0.2, -0.15) is 0 Å². The first-order valence-electron chi connectivity index (χ1n) is 9.22. The molecule has 0 heterocycles. The number of ether oxygens (including phenoxy) is 2. The predicted octanol–water partition coefficient (Wildman–Crippen LogP) is 6.31. The van der Waals surface area contributed by atoms with Crippen molar-refractivity contribution in [2.75, 3.05) is 5.32 Å². The zero-order valence-corrected chi connectivity index (χ0v) is 18.3. The second-order valence-corrected chi connectivity index (χ2v) is 8.34. The molecule has 0 aliphatic heterocycles. The summed E-state index contributed by atoms with van der Waals surface area (Å²) in [5.74, 6) is -0.235. The van der Waals surface area contributed by atoms with Crippen LogP contribution in [-0.4, -0.2) is 17.7 Å². The maximum atomic E-state index is 12.3. The van der Waals surface area contributed by atoms with Gasteiger partial charge in [0.2, 0.25) is 0 Å². The number of benzene rings is 2. The molecule has 0 aliphatic carbocycles. The van der Waals surface area contributed by atoms with Gasteiger partial charge in [0.15, 0.2) is 0 Å². The Bertz CT molecular complexity index is 825. The van der Waals surface area contributed by atoms with E-state index in [9.17, 15) is 9.59 Å². The van der Waals surface area contributed by atoms with Crippen molar-refractivity contribution < 1.29 is 19.1 Å². The van der Waals surface area contributed by atoms with Crippen LogP contribution in [0.3, 0.4) is 0 Å². The highest BCUT2D eigenvalue weighted by atomic mass is 79.9. The number of anilines is 1. The molecule has 1 amide bonds. The molecule has 5 nitrogen and oxygen atoms in total. The third kappa shape index (κ3) is 7.00. The molecule has 1 N–H and O–H groups in total. The zero-order valence-electron chi connectivity index (χ0n) is 16.7. The number of nitrogens with one attached hydrogen (secondary N) is 1. The van der Waals surface area contributed by atoms with Crippen LogP contribution in [-0.2, 0) is 20.9 Å². The van der Waals surface area contributed by atoms with Gasteiger partial charge < -0.3 is 9.47 Å². The zero-order chi connectivity index (χ0) is 20.7. The highest BCUT2D eigenvalue weighted by molar-refractivity contribution is 9.10. The Morgan fingerprint density at radius 1 is 1.07 bits per heavy atom. The Balaban J connectivity index is 2.29. The summed E-state index contributed by atoms with van der Waals surface area (Å²) in [5, 5.41) is 2.82. The first kappa shape index (κ1) is 22.0. The lowest BCUT2D eigenvalue weighted by atomic mass is 10.0. The van der Waals surface area contributed by atoms with Crippen molar-refractivity contribution in [3.05, 3.63) is 52.5 Å². The summed E-state index contributed by atoms with van der Waals surface area (Å²) >= 11 is 3.43. The number of carbonyl (C=O) groups is 2. The van der Waals surface area contributed by atoms with Crippen molar-refractivity contribution >= 4 is 33.7 Å². The SMILES string of the molecule is CCCC(=O)OCc1ccc(-c2ccc(Br)cc2)c(NC(=O)OC(C)(C)C)c1.